The molecule has 1 amide bonds. The van der Waals surface area contributed by atoms with Crippen molar-refractivity contribution in [2.24, 2.45) is 5.92 Å². The highest BCUT2D eigenvalue weighted by Gasteiger charge is 2.30. The van der Waals surface area contributed by atoms with Crippen molar-refractivity contribution in [3.05, 3.63) is 71.0 Å². The van der Waals surface area contributed by atoms with Crippen LogP contribution in [0, 0.1) is 5.92 Å². The third-order valence-corrected chi connectivity index (χ3v) is 6.14. The maximum Gasteiger partial charge on any atom is 0.416 e. The first-order chi connectivity index (χ1) is 15.8. The summed E-state index contributed by atoms with van der Waals surface area (Å²) in [5.41, 5.74) is 1.82. The summed E-state index contributed by atoms with van der Waals surface area (Å²) in [4.78, 5) is 24.7. The largest absolute Gasteiger partial charge is 0.469 e. The number of hydrogen-bond donors (Lipinski definition) is 1. The molecular weight excluding hydrogens is 435 g/mol. The predicted molar refractivity (Wildman–Crippen MR) is 115 cm³/mol. The molecule has 1 aromatic carbocycles. The normalized spacial score (nSPS) is 18.8. The average molecular weight is 459 g/mol. The van der Waals surface area contributed by atoms with Gasteiger partial charge in [0.25, 0.3) is 5.91 Å². The Hall–Kier alpha value is -3.36. The molecule has 1 aliphatic rings. The van der Waals surface area contributed by atoms with Crippen LogP contribution in [0.4, 0.5) is 13.2 Å². The summed E-state index contributed by atoms with van der Waals surface area (Å²) < 4.78 is 44.9. The summed E-state index contributed by atoms with van der Waals surface area (Å²) in [6.07, 6.45) is 1.89. The first kappa shape index (κ1) is 22.8. The zero-order valence-electron chi connectivity index (χ0n) is 18.1. The molecule has 1 saturated carbocycles. The van der Waals surface area contributed by atoms with E-state index in [4.69, 9.17) is 4.74 Å². The highest BCUT2D eigenvalue weighted by molar-refractivity contribution is 6.01. The highest BCUT2D eigenvalue weighted by Crippen LogP contribution is 2.30. The molecule has 4 rings (SSSR count). The number of fused-ring (bicyclic) bond motifs is 1. The topological polar surface area (TPSA) is 72.7 Å². The number of esters is 1. The second-order valence-corrected chi connectivity index (χ2v) is 8.30. The zero-order chi connectivity index (χ0) is 23.6. The van der Waals surface area contributed by atoms with Gasteiger partial charge in [0.15, 0.2) is 0 Å². The minimum Gasteiger partial charge on any atom is -0.469 e. The molecule has 3 aromatic rings. The summed E-state index contributed by atoms with van der Waals surface area (Å²) >= 11 is 0. The second kappa shape index (κ2) is 9.25. The molecule has 0 radical (unpaired) electrons. The molecule has 33 heavy (non-hydrogen) atoms. The minimum absolute atomic E-state index is 0.0459. The van der Waals surface area contributed by atoms with Gasteiger partial charge in [-0.05, 0) is 61.4 Å². The van der Waals surface area contributed by atoms with E-state index in [9.17, 15) is 22.8 Å². The van der Waals surface area contributed by atoms with Crippen molar-refractivity contribution in [2.45, 2.75) is 44.3 Å². The SMILES string of the molecule is COC(=O)C1CCC(NC(=O)c2cnn3cccc(Cc4ccc(C(F)(F)F)cc4)c23)CC1. The van der Waals surface area contributed by atoms with Gasteiger partial charge in [-0.3, -0.25) is 9.59 Å². The van der Waals surface area contributed by atoms with Crippen molar-refractivity contribution in [2.75, 3.05) is 7.11 Å². The Bertz CT molecular complexity index is 1150. The summed E-state index contributed by atoms with van der Waals surface area (Å²) in [7, 11) is 1.38. The van der Waals surface area contributed by atoms with Crippen LogP contribution in [0.5, 0.6) is 0 Å². The molecule has 1 aliphatic carbocycles. The quantitative estimate of drug-likeness (QED) is 0.574. The molecule has 0 saturated heterocycles. The van der Waals surface area contributed by atoms with Crippen LogP contribution in [0.15, 0.2) is 48.8 Å². The maximum absolute atomic E-state index is 13.0. The van der Waals surface area contributed by atoms with E-state index >= 15 is 0 Å². The van der Waals surface area contributed by atoms with Crippen molar-refractivity contribution < 1.29 is 27.5 Å². The second-order valence-electron chi connectivity index (χ2n) is 8.30. The fraction of sp³-hybridized carbons (Fsp3) is 0.375. The molecule has 2 heterocycles. The monoisotopic (exact) mass is 459 g/mol. The number of halogens is 3. The number of carbonyl (C=O) groups excluding carboxylic acids is 2. The molecule has 9 heteroatoms. The Morgan fingerprint density at radius 2 is 1.82 bits per heavy atom. The summed E-state index contributed by atoms with van der Waals surface area (Å²) in [5, 5.41) is 7.31. The lowest BCUT2D eigenvalue weighted by atomic mass is 9.86. The summed E-state index contributed by atoms with van der Waals surface area (Å²) in [6.45, 7) is 0. The molecule has 1 N–H and O–H groups in total. The van der Waals surface area contributed by atoms with Crippen LogP contribution < -0.4 is 5.32 Å². The van der Waals surface area contributed by atoms with Crippen molar-refractivity contribution in [1.82, 2.24) is 14.9 Å². The van der Waals surface area contributed by atoms with Crippen LogP contribution in [0.3, 0.4) is 0 Å². The van der Waals surface area contributed by atoms with Gasteiger partial charge in [-0.25, -0.2) is 4.52 Å². The maximum atomic E-state index is 13.0. The molecule has 1 fully saturated rings. The summed E-state index contributed by atoms with van der Waals surface area (Å²) in [6, 6.07) is 8.59. The first-order valence-corrected chi connectivity index (χ1v) is 10.8. The molecule has 174 valence electrons. The average Bonchev–Trinajstić information content (AvgIpc) is 3.24. The van der Waals surface area contributed by atoms with Crippen molar-refractivity contribution >= 4 is 17.4 Å². The number of ether oxygens (including phenoxy) is 1. The number of pyridine rings is 1. The van der Waals surface area contributed by atoms with Crippen LogP contribution in [0.1, 0.15) is 52.7 Å². The lowest BCUT2D eigenvalue weighted by Gasteiger charge is -2.27. The lowest BCUT2D eigenvalue weighted by molar-refractivity contribution is -0.146. The van der Waals surface area contributed by atoms with Crippen LogP contribution in [-0.2, 0) is 22.1 Å². The van der Waals surface area contributed by atoms with E-state index in [1.54, 1.807) is 16.8 Å². The standard InChI is InChI=1S/C24H24F3N3O3/c1-33-23(32)16-6-10-19(11-7-16)29-22(31)20-14-28-30-12-2-3-17(21(20)30)13-15-4-8-18(9-5-15)24(25,26)27/h2-5,8-9,12,14,16,19H,6-7,10-11,13H2,1H3,(H,29,31). The fourth-order valence-corrected chi connectivity index (χ4v) is 4.36. The van der Waals surface area contributed by atoms with Gasteiger partial charge in [0.05, 0.1) is 35.9 Å². The lowest BCUT2D eigenvalue weighted by Crippen LogP contribution is -2.38. The van der Waals surface area contributed by atoms with Crippen LogP contribution in [0.2, 0.25) is 0 Å². The van der Waals surface area contributed by atoms with Gasteiger partial charge in [-0.2, -0.15) is 18.3 Å². The number of benzene rings is 1. The highest BCUT2D eigenvalue weighted by atomic mass is 19.4. The number of aromatic nitrogens is 2. The van der Waals surface area contributed by atoms with Gasteiger partial charge in [0.1, 0.15) is 0 Å². The van der Waals surface area contributed by atoms with Crippen LogP contribution in [-0.4, -0.2) is 34.6 Å². The van der Waals surface area contributed by atoms with E-state index in [-0.39, 0.29) is 23.8 Å². The number of alkyl halides is 3. The fourth-order valence-electron chi connectivity index (χ4n) is 4.36. The number of hydrogen-bond acceptors (Lipinski definition) is 4. The number of nitrogens with one attached hydrogen (secondary N) is 1. The smallest absolute Gasteiger partial charge is 0.416 e. The molecule has 0 aliphatic heterocycles. The number of rotatable bonds is 5. The van der Waals surface area contributed by atoms with Gasteiger partial charge >= 0.3 is 12.1 Å². The number of carbonyl (C=O) groups is 2. The van der Waals surface area contributed by atoms with Crippen molar-refractivity contribution in [3.63, 3.8) is 0 Å². The Labute approximate surface area is 188 Å². The third-order valence-electron chi connectivity index (χ3n) is 6.14. The molecule has 0 atom stereocenters. The zero-order valence-corrected chi connectivity index (χ0v) is 18.1. The van der Waals surface area contributed by atoms with Gasteiger partial charge < -0.3 is 10.1 Å². The first-order valence-electron chi connectivity index (χ1n) is 10.8. The number of amides is 1. The molecule has 6 nitrogen and oxygen atoms in total. The van der Waals surface area contributed by atoms with Gasteiger partial charge in [-0.1, -0.05) is 18.2 Å². The number of nitrogens with zero attached hydrogens (tertiary/aromatic N) is 2. The van der Waals surface area contributed by atoms with E-state index in [2.05, 4.69) is 10.4 Å². The van der Waals surface area contributed by atoms with Crippen LogP contribution >= 0.6 is 0 Å². The predicted octanol–water partition coefficient (Wildman–Crippen LogP) is 4.41. The third kappa shape index (κ3) is 5.02. The Morgan fingerprint density at radius 1 is 1.12 bits per heavy atom. The molecule has 0 spiro atoms. The molecular formula is C24H24F3N3O3. The van der Waals surface area contributed by atoms with Crippen molar-refractivity contribution in [1.29, 1.82) is 0 Å². The molecule has 0 unspecified atom stereocenters. The Kier molecular flexibility index (Phi) is 6.40. The van der Waals surface area contributed by atoms with E-state index < -0.39 is 11.7 Å². The molecule has 2 aromatic heterocycles. The Morgan fingerprint density at radius 3 is 2.45 bits per heavy atom. The van der Waals surface area contributed by atoms with E-state index in [1.165, 1.54) is 25.4 Å². The summed E-state index contributed by atoms with van der Waals surface area (Å²) in [5.74, 6) is -0.600. The Balaban J connectivity index is 1.50. The minimum atomic E-state index is -4.38. The van der Waals surface area contributed by atoms with Gasteiger partial charge in [0, 0.05) is 12.2 Å². The van der Waals surface area contributed by atoms with E-state index in [0.29, 0.717) is 48.7 Å². The van der Waals surface area contributed by atoms with Gasteiger partial charge in [-0.15, -0.1) is 0 Å². The van der Waals surface area contributed by atoms with Gasteiger partial charge in [0.2, 0.25) is 0 Å². The van der Waals surface area contributed by atoms with E-state index in [0.717, 1.165) is 17.7 Å². The van der Waals surface area contributed by atoms with Crippen LogP contribution in [0.25, 0.3) is 5.52 Å². The van der Waals surface area contributed by atoms with E-state index in [1.807, 2.05) is 6.07 Å². The molecule has 0 bridgehead atoms. The van der Waals surface area contributed by atoms with Crippen molar-refractivity contribution in [3.8, 4) is 0 Å². The number of methoxy groups -OCH3 is 1.